The third-order valence-electron chi connectivity index (χ3n) is 4.85. The Bertz CT molecular complexity index is 730. The Morgan fingerprint density at radius 3 is 2.62 bits per heavy atom. The molecular weight excluding hydrogens is 348 g/mol. The molecule has 0 spiro atoms. The Hall–Kier alpha value is -1.79. The number of ether oxygens (including phenoxy) is 1. The fraction of sp³-hybridized carbons (Fsp3) is 0.500. The fourth-order valence-electron chi connectivity index (χ4n) is 3.65. The van der Waals surface area contributed by atoms with Gasteiger partial charge in [0.05, 0.1) is 18.7 Å². The van der Waals surface area contributed by atoms with Crippen molar-refractivity contribution in [3.05, 3.63) is 46.5 Å². The van der Waals surface area contributed by atoms with E-state index in [1.54, 1.807) is 16.8 Å². The molecule has 6 heteroatoms. The quantitative estimate of drug-likeness (QED) is 0.558. The van der Waals surface area contributed by atoms with E-state index in [1.807, 2.05) is 30.3 Å². The van der Waals surface area contributed by atoms with Gasteiger partial charge in [0.2, 0.25) is 5.91 Å². The predicted octanol–water partition coefficient (Wildman–Crippen LogP) is 3.89. The summed E-state index contributed by atoms with van der Waals surface area (Å²) in [6, 6.07) is 9.57. The van der Waals surface area contributed by atoms with Crippen molar-refractivity contribution >= 4 is 23.6 Å². The first kappa shape index (κ1) is 19.0. The highest BCUT2D eigenvalue weighted by Crippen LogP contribution is 2.52. The fourth-order valence-corrected chi connectivity index (χ4v) is 4.94. The number of esters is 1. The predicted molar refractivity (Wildman–Crippen MR) is 103 cm³/mol. The second-order valence-electron chi connectivity index (χ2n) is 7.26. The molecule has 0 radical (unpaired) electrons. The van der Waals surface area contributed by atoms with Crippen LogP contribution >= 0.6 is 11.8 Å². The zero-order valence-corrected chi connectivity index (χ0v) is 16.6. The lowest BCUT2D eigenvalue weighted by molar-refractivity contribution is -0.138. The van der Waals surface area contributed by atoms with Gasteiger partial charge in [-0.1, -0.05) is 43.7 Å². The van der Waals surface area contributed by atoms with Gasteiger partial charge in [-0.05, 0) is 31.6 Å². The highest BCUT2D eigenvalue weighted by Gasteiger charge is 2.56. The summed E-state index contributed by atoms with van der Waals surface area (Å²) in [7, 11) is 1.40. The monoisotopic (exact) mass is 374 g/mol. The number of thioether (sulfide) groups is 1. The molecule has 2 aliphatic rings. The third-order valence-corrected chi connectivity index (χ3v) is 6.01. The molecule has 3 rings (SSSR count). The molecule has 1 saturated heterocycles. The number of hydrogen-bond donors (Lipinski definition) is 0. The largest absolute Gasteiger partial charge is 0.466 e. The van der Waals surface area contributed by atoms with Crippen molar-refractivity contribution in [2.24, 2.45) is 0 Å². The molecule has 1 unspecified atom stereocenters. The topological polar surface area (TPSA) is 49.9 Å². The molecule has 0 bridgehead atoms. The maximum Gasteiger partial charge on any atom is 0.338 e. The molecule has 1 atom stereocenters. The molecule has 1 aromatic rings. The number of nitrogens with zero attached hydrogens (tertiary/aromatic N) is 2. The Balaban J connectivity index is 2.14. The maximum atomic E-state index is 12.8. The molecule has 2 heterocycles. The van der Waals surface area contributed by atoms with Gasteiger partial charge in [-0.25, -0.2) is 9.80 Å². The standard InChI is InChI=1S/C20H26N2O3S/c1-5-6-12-26-18-16(19(24)25-4)17(14-10-8-7-9-11-14)22-20(2,3)13-15(23)21(18)22/h7-11,17H,5-6,12-13H2,1-4H3. The molecule has 1 fully saturated rings. The minimum Gasteiger partial charge on any atom is -0.466 e. The van der Waals surface area contributed by atoms with Gasteiger partial charge >= 0.3 is 5.97 Å². The summed E-state index contributed by atoms with van der Waals surface area (Å²) in [5.74, 6) is 0.538. The van der Waals surface area contributed by atoms with E-state index in [9.17, 15) is 9.59 Å². The van der Waals surface area contributed by atoms with E-state index in [2.05, 4.69) is 25.8 Å². The number of fused-ring (bicyclic) bond motifs is 1. The van der Waals surface area contributed by atoms with Crippen LogP contribution in [-0.2, 0) is 14.3 Å². The summed E-state index contributed by atoms with van der Waals surface area (Å²) in [6.45, 7) is 6.23. The van der Waals surface area contributed by atoms with Crippen LogP contribution < -0.4 is 0 Å². The number of carbonyl (C=O) groups is 2. The van der Waals surface area contributed by atoms with Crippen LogP contribution in [0, 0.1) is 0 Å². The highest BCUT2D eigenvalue weighted by molar-refractivity contribution is 8.03. The van der Waals surface area contributed by atoms with E-state index in [1.165, 1.54) is 7.11 Å². The van der Waals surface area contributed by atoms with Crippen LogP contribution in [0.5, 0.6) is 0 Å². The molecular formula is C20H26N2O3S. The van der Waals surface area contributed by atoms with Crippen molar-refractivity contribution in [2.75, 3.05) is 12.9 Å². The van der Waals surface area contributed by atoms with Crippen molar-refractivity contribution in [3.8, 4) is 0 Å². The molecule has 2 aliphatic heterocycles. The SMILES string of the molecule is CCCCSC1=C(C(=O)OC)C(c2ccccc2)N2N1C(=O)CC2(C)C. The van der Waals surface area contributed by atoms with Crippen molar-refractivity contribution in [3.63, 3.8) is 0 Å². The van der Waals surface area contributed by atoms with E-state index < -0.39 is 0 Å². The second kappa shape index (κ2) is 7.45. The number of unbranched alkanes of at least 4 members (excludes halogenated alkanes) is 1. The third kappa shape index (κ3) is 3.16. The Labute approximate surface area is 159 Å². The average molecular weight is 375 g/mol. The summed E-state index contributed by atoms with van der Waals surface area (Å²) in [4.78, 5) is 25.6. The molecule has 140 valence electrons. The van der Waals surface area contributed by atoms with Gasteiger partial charge < -0.3 is 4.74 Å². The maximum absolute atomic E-state index is 12.8. The minimum atomic E-state index is -0.371. The van der Waals surface area contributed by atoms with E-state index in [0.29, 0.717) is 12.0 Å². The molecule has 0 saturated carbocycles. The molecule has 1 amide bonds. The van der Waals surface area contributed by atoms with E-state index >= 15 is 0 Å². The van der Waals surface area contributed by atoms with Crippen LogP contribution in [0.25, 0.3) is 0 Å². The molecule has 0 aliphatic carbocycles. The van der Waals surface area contributed by atoms with Crippen LogP contribution in [0.2, 0.25) is 0 Å². The van der Waals surface area contributed by atoms with Crippen molar-refractivity contribution in [2.45, 2.75) is 51.6 Å². The molecule has 5 nitrogen and oxygen atoms in total. The molecule has 26 heavy (non-hydrogen) atoms. The van der Waals surface area contributed by atoms with Crippen LogP contribution in [0.15, 0.2) is 40.9 Å². The zero-order valence-electron chi connectivity index (χ0n) is 15.8. The lowest BCUT2D eigenvalue weighted by Gasteiger charge is -2.36. The van der Waals surface area contributed by atoms with Gasteiger partial charge in [0.15, 0.2) is 0 Å². The van der Waals surface area contributed by atoms with Gasteiger partial charge in [0, 0.05) is 12.0 Å². The first-order chi connectivity index (χ1) is 12.4. The van der Waals surface area contributed by atoms with E-state index in [-0.39, 0.29) is 23.5 Å². The number of hydrazine groups is 1. The summed E-state index contributed by atoms with van der Waals surface area (Å²) in [5.41, 5.74) is 1.19. The average Bonchev–Trinajstić information content (AvgIpc) is 3.09. The summed E-state index contributed by atoms with van der Waals surface area (Å²) in [6.07, 6.45) is 2.53. The zero-order chi connectivity index (χ0) is 18.9. The van der Waals surface area contributed by atoms with Gasteiger partial charge in [-0.15, -0.1) is 11.8 Å². The Morgan fingerprint density at radius 1 is 1.31 bits per heavy atom. The van der Waals surface area contributed by atoms with Crippen LogP contribution in [0.4, 0.5) is 0 Å². The van der Waals surface area contributed by atoms with Crippen molar-refractivity contribution < 1.29 is 14.3 Å². The van der Waals surface area contributed by atoms with Gasteiger partial charge in [0.25, 0.3) is 0 Å². The summed E-state index contributed by atoms with van der Waals surface area (Å²) in [5, 5.41) is 4.52. The van der Waals surface area contributed by atoms with Gasteiger partial charge in [-0.3, -0.25) is 4.79 Å². The lowest BCUT2D eigenvalue weighted by Crippen LogP contribution is -2.44. The Morgan fingerprint density at radius 2 is 2.00 bits per heavy atom. The lowest BCUT2D eigenvalue weighted by atomic mass is 9.93. The number of amides is 1. The number of rotatable bonds is 6. The summed E-state index contributed by atoms with van der Waals surface area (Å²) >= 11 is 1.58. The highest BCUT2D eigenvalue weighted by atomic mass is 32.2. The van der Waals surface area contributed by atoms with Gasteiger partial charge in [-0.2, -0.15) is 5.01 Å². The van der Waals surface area contributed by atoms with Crippen LogP contribution in [0.1, 0.15) is 51.6 Å². The number of carbonyl (C=O) groups excluding carboxylic acids is 2. The Kier molecular flexibility index (Phi) is 5.44. The van der Waals surface area contributed by atoms with E-state index in [0.717, 1.165) is 29.2 Å². The van der Waals surface area contributed by atoms with E-state index in [4.69, 9.17) is 4.74 Å². The number of hydrogen-bond acceptors (Lipinski definition) is 5. The molecule has 0 N–H and O–H groups in total. The van der Waals surface area contributed by atoms with Crippen molar-refractivity contribution in [1.29, 1.82) is 0 Å². The minimum absolute atomic E-state index is 0.0360. The normalized spacial score (nSPS) is 22.1. The first-order valence-electron chi connectivity index (χ1n) is 9.04. The van der Waals surface area contributed by atoms with Crippen LogP contribution in [0.3, 0.4) is 0 Å². The van der Waals surface area contributed by atoms with Gasteiger partial charge in [0.1, 0.15) is 5.03 Å². The summed E-state index contributed by atoms with van der Waals surface area (Å²) < 4.78 is 5.12. The van der Waals surface area contributed by atoms with Crippen LogP contribution in [-0.4, -0.2) is 40.3 Å². The smallest absolute Gasteiger partial charge is 0.338 e. The van der Waals surface area contributed by atoms with Crippen molar-refractivity contribution in [1.82, 2.24) is 10.0 Å². The second-order valence-corrected chi connectivity index (χ2v) is 8.35. The molecule has 1 aromatic carbocycles. The number of benzene rings is 1. The first-order valence-corrected chi connectivity index (χ1v) is 10.0. The number of methoxy groups -OCH3 is 1. The molecule has 0 aromatic heterocycles.